The maximum Gasteiger partial charge on any atom is 0.186 e. The van der Waals surface area contributed by atoms with Gasteiger partial charge >= 0.3 is 0 Å². The molecular formula is C16H15Br2NO. The summed E-state index contributed by atoms with van der Waals surface area (Å²) in [7, 11) is 0. The van der Waals surface area contributed by atoms with E-state index in [0.717, 1.165) is 25.6 Å². The van der Waals surface area contributed by atoms with E-state index in [0.29, 0.717) is 12.1 Å². The maximum atomic E-state index is 12.4. The van der Waals surface area contributed by atoms with Crippen molar-refractivity contribution in [3.63, 3.8) is 0 Å². The monoisotopic (exact) mass is 395 g/mol. The van der Waals surface area contributed by atoms with Crippen LogP contribution in [-0.2, 0) is 6.42 Å². The summed E-state index contributed by atoms with van der Waals surface area (Å²) in [5.74, 6) is 0.0272. The molecule has 20 heavy (non-hydrogen) atoms. The van der Waals surface area contributed by atoms with Crippen molar-refractivity contribution in [3.8, 4) is 0 Å². The Morgan fingerprint density at radius 2 is 1.70 bits per heavy atom. The number of carbonyl (C=O) groups excluding carboxylic acids is 1. The second kappa shape index (κ2) is 6.19. The van der Waals surface area contributed by atoms with Crippen LogP contribution in [0.15, 0.2) is 33.3 Å². The quantitative estimate of drug-likeness (QED) is 0.686. The van der Waals surface area contributed by atoms with Gasteiger partial charge in [0.15, 0.2) is 5.78 Å². The standard InChI is InChI=1S/C16H15Br2NO/c1-9-4-10(2)13(11(3)5-9)7-15(20)16-14(18)6-12(17)8-19-16/h4-6,8H,7H2,1-3H3. The van der Waals surface area contributed by atoms with Crippen LogP contribution < -0.4 is 0 Å². The van der Waals surface area contributed by atoms with Gasteiger partial charge in [0.25, 0.3) is 0 Å². The Labute approximate surface area is 135 Å². The van der Waals surface area contributed by atoms with Gasteiger partial charge in [-0.2, -0.15) is 0 Å². The highest BCUT2D eigenvalue weighted by molar-refractivity contribution is 9.11. The number of aromatic nitrogens is 1. The van der Waals surface area contributed by atoms with Gasteiger partial charge in [-0.25, -0.2) is 0 Å². The number of halogens is 2. The molecule has 2 nitrogen and oxygen atoms in total. The Morgan fingerprint density at radius 1 is 1.10 bits per heavy atom. The summed E-state index contributed by atoms with van der Waals surface area (Å²) in [6, 6.07) is 6.06. The molecule has 2 aromatic rings. The van der Waals surface area contributed by atoms with E-state index >= 15 is 0 Å². The van der Waals surface area contributed by atoms with Crippen LogP contribution in [0.5, 0.6) is 0 Å². The zero-order chi connectivity index (χ0) is 14.9. The van der Waals surface area contributed by atoms with Crippen molar-refractivity contribution in [2.24, 2.45) is 0 Å². The average molecular weight is 397 g/mol. The molecule has 104 valence electrons. The number of hydrogen-bond acceptors (Lipinski definition) is 2. The van der Waals surface area contributed by atoms with Gasteiger partial charge in [0, 0.05) is 21.6 Å². The van der Waals surface area contributed by atoms with E-state index < -0.39 is 0 Å². The molecule has 2 rings (SSSR count). The zero-order valence-electron chi connectivity index (χ0n) is 11.6. The molecule has 0 aliphatic heterocycles. The van der Waals surface area contributed by atoms with Crippen LogP contribution >= 0.6 is 31.9 Å². The van der Waals surface area contributed by atoms with E-state index in [1.807, 2.05) is 19.9 Å². The number of benzene rings is 1. The summed E-state index contributed by atoms with van der Waals surface area (Å²) in [5.41, 5.74) is 5.11. The minimum Gasteiger partial charge on any atom is -0.292 e. The Balaban J connectivity index is 2.33. The number of hydrogen-bond donors (Lipinski definition) is 0. The smallest absolute Gasteiger partial charge is 0.186 e. The average Bonchev–Trinajstić information content (AvgIpc) is 2.33. The molecule has 0 aliphatic rings. The molecule has 0 saturated carbocycles. The van der Waals surface area contributed by atoms with Crippen LogP contribution in [0.3, 0.4) is 0 Å². The summed E-state index contributed by atoms with van der Waals surface area (Å²) in [4.78, 5) is 16.6. The molecule has 0 N–H and O–H groups in total. The zero-order valence-corrected chi connectivity index (χ0v) is 14.8. The van der Waals surface area contributed by atoms with Crippen molar-refractivity contribution < 1.29 is 4.79 Å². The summed E-state index contributed by atoms with van der Waals surface area (Å²) < 4.78 is 1.57. The normalized spacial score (nSPS) is 10.7. The molecule has 1 aromatic heterocycles. The van der Waals surface area contributed by atoms with Gasteiger partial charge in [-0.3, -0.25) is 9.78 Å². The lowest BCUT2D eigenvalue weighted by Crippen LogP contribution is -2.09. The van der Waals surface area contributed by atoms with Gasteiger partial charge in [0.1, 0.15) is 5.69 Å². The van der Waals surface area contributed by atoms with Crippen LogP contribution in [0.25, 0.3) is 0 Å². The van der Waals surface area contributed by atoms with Crippen molar-refractivity contribution in [2.75, 3.05) is 0 Å². The van der Waals surface area contributed by atoms with Crippen LogP contribution in [0.1, 0.15) is 32.7 Å². The van der Waals surface area contributed by atoms with Crippen molar-refractivity contribution in [2.45, 2.75) is 27.2 Å². The first kappa shape index (κ1) is 15.4. The number of nitrogens with zero attached hydrogens (tertiary/aromatic N) is 1. The molecule has 1 aromatic carbocycles. The lowest BCUT2D eigenvalue weighted by molar-refractivity contribution is 0.0987. The Hall–Kier alpha value is -1.000. The number of Topliss-reactive ketones (excluding diaryl/α,β-unsaturated/α-hetero) is 1. The molecule has 0 aliphatic carbocycles. The van der Waals surface area contributed by atoms with E-state index in [1.165, 1.54) is 5.56 Å². The second-order valence-electron chi connectivity index (χ2n) is 4.96. The SMILES string of the molecule is Cc1cc(C)c(CC(=O)c2ncc(Br)cc2Br)c(C)c1. The lowest BCUT2D eigenvalue weighted by atomic mass is 9.95. The van der Waals surface area contributed by atoms with Crippen molar-refractivity contribution in [1.82, 2.24) is 4.98 Å². The highest BCUT2D eigenvalue weighted by Crippen LogP contribution is 2.23. The summed E-state index contributed by atoms with van der Waals surface area (Å²) in [6.07, 6.45) is 2.03. The number of pyridine rings is 1. The highest BCUT2D eigenvalue weighted by Gasteiger charge is 2.15. The van der Waals surface area contributed by atoms with Crippen LogP contribution in [0.4, 0.5) is 0 Å². The van der Waals surface area contributed by atoms with E-state index in [9.17, 15) is 4.79 Å². The molecule has 0 spiro atoms. The molecule has 0 radical (unpaired) electrons. The third kappa shape index (κ3) is 3.36. The summed E-state index contributed by atoms with van der Waals surface area (Å²) in [6.45, 7) is 6.16. The predicted octanol–water partition coefficient (Wildman–Crippen LogP) is 4.96. The third-order valence-corrected chi connectivity index (χ3v) is 4.29. The Kier molecular flexibility index (Phi) is 4.76. The summed E-state index contributed by atoms with van der Waals surface area (Å²) in [5, 5.41) is 0. The fourth-order valence-electron chi connectivity index (χ4n) is 2.35. The lowest BCUT2D eigenvalue weighted by Gasteiger charge is -2.11. The fraction of sp³-hybridized carbons (Fsp3) is 0.250. The molecule has 0 saturated heterocycles. The maximum absolute atomic E-state index is 12.4. The van der Waals surface area contributed by atoms with Crippen LogP contribution in [0, 0.1) is 20.8 Å². The van der Waals surface area contributed by atoms with E-state index in [2.05, 4.69) is 55.9 Å². The minimum atomic E-state index is 0.0272. The van der Waals surface area contributed by atoms with Gasteiger partial charge in [0.2, 0.25) is 0 Å². The largest absolute Gasteiger partial charge is 0.292 e. The van der Waals surface area contributed by atoms with Crippen molar-refractivity contribution in [1.29, 1.82) is 0 Å². The van der Waals surface area contributed by atoms with E-state index in [-0.39, 0.29) is 5.78 Å². The highest BCUT2D eigenvalue weighted by atomic mass is 79.9. The molecule has 0 fully saturated rings. The first-order valence-electron chi connectivity index (χ1n) is 6.29. The molecule has 4 heteroatoms. The van der Waals surface area contributed by atoms with Crippen molar-refractivity contribution in [3.05, 3.63) is 61.3 Å². The number of aryl methyl sites for hydroxylation is 3. The predicted molar refractivity (Wildman–Crippen MR) is 88.3 cm³/mol. The van der Waals surface area contributed by atoms with Crippen LogP contribution in [-0.4, -0.2) is 10.8 Å². The first-order chi connectivity index (χ1) is 9.38. The fourth-order valence-corrected chi connectivity index (χ4v) is 3.56. The first-order valence-corrected chi connectivity index (χ1v) is 7.88. The molecule has 0 atom stereocenters. The van der Waals surface area contributed by atoms with Gasteiger partial charge in [0.05, 0.1) is 0 Å². The van der Waals surface area contributed by atoms with Gasteiger partial charge in [-0.1, -0.05) is 17.7 Å². The Bertz CT molecular complexity index is 657. The molecule has 0 amide bonds. The van der Waals surface area contributed by atoms with Gasteiger partial charge in [-0.15, -0.1) is 0 Å². The topological polar surface area (TPSA) is 30.0 Å². The van der Waals surface area contributed by atoms with E-state index in [4.69, 9.17) is 0 Å². The minimum absolute atomic E-state index is 0.0272. The third-order valence-electron chi connectivity index (χ3n) is 3.25. The molecule has 0 bridgehead atoms. The molecular weight excluding hydrogens is 382 g/mol. The van der Waals surface area contributed by atoms with Gasteiger partial charge < -0.3 is 0 Å². The number of carbonyl (C=O) groups is 1. The molecule has 1 heterocycles. The summed E-state index contributed by atoms with van der Waals surface area (Å²) >= 11 is 6.74. The van der Waals surface area contributed by atoms with Gasteiger partial charge in [-0.05, 0) is 75.4 Å². The number of rotatable bonds is 3. The number of ketones is 1. The van der Waals surface area contributed by atoms with E-state index in [1.54, 1.807) is 6.20 Å². The van der Waals surface area contributed by atoms with Crippen LogP contribution in [0.2, 0.25) is 0 Å². The van der Waals surface area contributed by atoms with Crippen molar-refractivity contribution >= 4 is 37.6 Å². The second-order valence-corrected chi connectivity index (χ2v) is 6.73. The Morgan fingerprint density at radius 3 is 2.25 bits per heavy atom. The molecule has 0 unspecified atom stereocenters.